The van der Waals surface area contributed by atoms with E-state index in [1.165, 1.54) is 0 Å². The molecule has 1 aromatic carbocycles. The maximum atomic E-state index is 12.7. The molecule has 29 heavy (non-hydrogen) atoms. The third kappa shape index (κ3) is 4.09. The number of nitrogens with one attached hydrogen (secondary N) is 2. The fourth-order valence-electron chi connectivity index (χ4n) is 2.79. The lowest BCUT2D eigenvalue weighted by atomic mass is 9.92. The third-order valence-corrected chi connectivity index (χ3v) is 5.15. The molecule has 9 nitrogen and oxygen atoms in total. The number of thiophene rings is 1. The highest BCUT2D eigenvalue weighted by molar-refractivity contribution is 7.14. The highest BCUT2D eigenvalue weighted by Gasteiger charge is 2.49. The van der Waals surface area contributed by atoms with Crippen LogP contribution in [-0.2, 0) is 24.7 Å². The molecule has 1 aromatic heterocycles. The standard InChI is InChI=1S/C19H16N4O5S/c1-19(13-5-3-2-4-6-13)17(26)23(18(27)22-19)10-15(25)28-11-14(24)21-16-12(9-20)7-8-29-16/h2-8H,10-11H2,1H3,(H,21,24)(H,22,27)/t19-/m0/s1. The molecule has 1 aliphatic rings. The Labute approximate surface area is 169 Å². The Morgan fingerprint density at radius 3 is 2.69 bits per heavy atom. The van der Waals surface area contributed by atoms with Gasteiger partial charge in [-0.1, -0.05) is 30.3 Å². The van der Waals surface area contributed by atoms with E-state index < -0.39 is 42.5 Å². The Balaban J connectivity index is 1.57. The van der Waals surface area contributed by atoms with Crippen molar-refractivity contribution >= 4 is 40.2 Å². The zero-order valence-electron chi connectivity index (χ0n) is 15.3. The maximum Gasteiger partial charge on any atom is 0.326 e. The number of esters is 1. The van der Waals surface area contributed by atoms with Crippen molar-refractivity contribution in [1.29, 1.82) is 5.26 Å². The van der Waals surface area contributed by atoms with Gasteiger partial charge in [-0.05, 0) is 23.9 Å². The number of benzene rings is 1. The van der Waals surface area contributed by atoms with Gasteiger partial charge in [0.2, 0.25) is 0 Å². The predicted octanol–water partition coefficient (Wildman–Crippen LogP) is 1.57. The van der Waals surface area contributed by atoms with Gasteiger partial charge in [0, 0.05) is 0 Å². The molecule has 2 heterocycles. The van der Waals surface area contributed by atoms with Crippen LogP contribution in [0, 0.1) is 11.3 Å². The monoisotopic (exact) mass is 412 g/mol. The molecule has 1 aliphatic heterocycles. The van der Waals surface area contributed by atoms with Gasteiger partial charge in [-0.15, -0.1) is 11.3 Å². The van der Waals surface area contributed by atoms with E-state index in [0.717, 1.165) is 16.2 Å². The van der Waals surface area contributed by atoms with Crippen LogP contribution in [0.2, 0.25) is 0 Å². The zero-order chi connectivity index (χ0) is 21.0. The second-order valence-electron chi connectivity index (χ2n) is 6.30. The number of amides is 4. The van der Waals surface area contributed by atoms with Crippen molar-refractivity contribution in [3.63, 3.8) is 0 Å². The molecule has 0 spiro atoms. The summed E-state index contributed by atoms with van der Waals surface area (Å²) < 4.78 is 4.86. The van der Waals surface area contributed by atoms with E-state index >= 15 is 0 Å². The number of rotatable bonds is 6. The SMILES string of the molecule is C[C@@]1(c2ccccc2)NC(=O)N(CC(=O)OCC(=O)Nc2sccc2C#N)C1=O. The molecule has 1 saturated heterocycles. The molecular weight excluding hydrogens is 396 g/mol. The Hall–Kier alpha value is -3.71. The van der Waals surface area contributed by atoms with Crippen LogP contribution in [0.4, 0.5) is 9.80 Å². The molecular formula is C19H16N4O5S. The summed E-state index contributed by atoms with van der Waals surface area (Å²) in [7, 11) is 0. The first-order valence-corrected chi connectivity index (χ1v) is 9.36. The van der Waals surface area contributed by atoms with Crippen molar-refractivity contribution in [3.05, 3.63) is 52.9 Å². The number of ether oxygens (including phenoxy) is 1. The van der Waals surface area contributed by atoms with E-state index in [1.54, 1.807) is 48.7 Å². The molecule has 0 aliphatic carbocycles. The molecule has 2 aromatic rings. The molecule has 1 fully saturated rings. The van der Waals surface area contributed by atoms with E-state index in [9.17, 15) is 19.2 Å². The molecule has 0 saturated carbocycles. The first kappa shape index (κ1) is 20.0. The lowest BCUT2D eigenvalue weighted by Crippen LogP contribution is -2.41. The summed E-state index contributed by atoms with van der Waals surface area (Å²) in [6.07, 6.45) is 0. The minimum Gasteiger partial charge on any atom is -0.454 e. The highest BCUT2D eigenvalue weighted by atomic mass is 32.1. The summed E-state index contributed by atoms with van der Waals surface area (Å²) in [5.74, 6) is -2.14. The van der Waals surface area contributed by atoms with E-state index in [0.29, 0.717) is 16.1 Å². The normalized spacial score (nSPS) is 18.1. The number of hydrogen-bond acceptors (Lipinski definition) is 7. The van der Waals surface area contributed by atoms with Gasteiger partial charge in [0.05, 0.1) is 5.56 Å². The van der Waals surface area contributed by atoms with Crippen LogP contribution < -0.4 is 10.6 Å². The van der Waals surface area contributed by atoms with Crippen molar-refractivity contribution in [3.8, 4) is 6.07 Å². The Morgan fingerprint density at radius 2 is 2.00 bits per heavy atom. The Kier molecular flexibility index (Phi) is 5.61. The van der Waals surface area contributed by atoms with Gasteiger partial charge in [-0.3, -0.25) is 19.3 Å². The van der Waals surface area contributed by atoms with Gasteiger partial charge in [0.1, 0.15) is 23.2 Å². The van der Waals surface area contributed by atoms with Gasteiger partial charge in [0.15, 0.2) is 6.61 Å². The minimum atomic E-state index is -1.29. The van der Waals surface area contributed by atoms with Crippen molar-refractivity contribution < 1.29 is 23.9 Å². The lowest BCUT2D eigenvalue weighted by Gasteiger charge is -2.21. The fraction of sp³-hybridized carbons (Fsp3) is 0.211. The maximum absolute atomic E-state index is 12.7. The summed E-state index contributed by atoms with van der Waals surface area (Å²) in [5, 5.41) is 15.9. The van der Waals surface area contributed by atoms with E-state index in [4.69, 9.17) is 10.00 Å². The number of urea groups is 1. The number of carbonyl (C=O) groups excluding carboxylic acids is 4. The van der Waals surface area contributed by atoms with Gasteiger partial charge in [-0.2, -0.15) is 5.26 Å². The average Bonchev–Trinajstić information content (AvgIpc) is 3.25. The van der Waals surface area contributed by atoms with Crippen molar-refractivity contribution in [2.75, 3.05) is 18.5 Å². The average molecular weight is 412 g/mol. The number of anilines is 1. The summed E-state index contributed by atoms with van der Waals surface area (Å²) in [6, 6.07) is 11.4. The summed E-state index contributed by atoms with van der Waals surface area (Å²) in [4.78, 5) is 49.6. The number of carbonyl (C=O) groups is 4. The molecule has 10 heteroatoms. The van der Waals surface area contributed by atoms with Crippen LogP contribution in [0.25, 0.3) is 0 Å². The molecule has 148 valence electrons. The largest absolute Gasteiger partial charge is 0.454 e. The van der Waals surface area contributed by atoms with E-state index in [1.807, 2.05) is 6.07 Å². The topological polar surface area (TPSA) is 129 Å². The number of nitriles is 1. The van der Waals surface area contributed by atoms with Gasteiger partial charge in [-0.25, -0.2) is 4.79 Å². The molecule has 4 amide bonds. The molecule has 0 bridgehead atoms. The van der Waals surface area contributed by atoms with Gasteiger partial charge < -0.3 is 15.4 Å². The van der Waals surface area contributed by atoms with Crippen LogP contribution in [0.5, 0.6) is 0 Å². The quantitative estimate of drug-likeness (QED) is 0.547. The van der Waals surface area contributed by atoms with Gasteiger partial charge in [0.25, 0.3) is 11.8 Å². The molecule has 0 radical (unpaired) electrons. The van der Waals surface area contributed by atoms with Crippen molar-refractivity contribution in [2.45, 2.75) is 12.5 Å². The van der Waals surface area contributed by atoms with E-state index in [-0.39, 0.29) is 0 Å². The second kappa shape index (κ2) is 8.12. The van der Waals surface area contributed by atoms with E-state index in [2.05, 4.69) is 10.6 Å². The zero-order valence-corrected chi connectivity index (χ0v) is 16.1. The number of nitrogens with zero attached hydrogens (tertiary/aromatic N) is 2. The highest BCUT2D eigenvalue weighted by Crippen LogP contribution is 2.28. The predicted molar refractivity (Wildman–Crippen MR) is 103 cm³/mol. The van der Waals surface area contributed by atoms with Gasteiger partial charge >= 0.3 is 12.0 Å². The number of hydrogen-bond donors (Lipinski definition) is 2. The fourth-order valence-corrected chi connectivity index (χ4v) is 3.54. The third-order valence-electron chi connectivity index (χ3n) is 4.32. The van der Waals surface area contributed by atoms with Crippen LogP contribution in [-0.4, -0.2) is 41.9 Å². The molecule has 3 rings (SSSR count). The molecule has 2 N–H and O–H groups in total. The van der Waals surface area contributed by atoms with Crippen LogP contribution in [0.1, 0.15) is 18.1 Å². The van der Waals surface area contributed by atoms with Crippen LogP contribution >= 0.6 is 11.3 Å². The summed E-state index contributed by atoms with van der Waals surface area (Å²) in [5.41, 5.74) is -0.407. The minimum absolute atomic E-state index is 0.300. The smallest absolute Gasteiger partial charge is 0.326 e. The first-order valence-electron chi connectivity index (χ1n) is 8.48. The lowest BCUT2D eigenvalue weighted by molar-refractivity contribution is -0.150. The summed E-state index contributed by atoms with van der Waals surface area (Å²) in [6.45, 7) is 0.319. The molecule has 1 atom stereocenters. The first-order chi connectivity index (χ1) is 13.8. The molecule has 0 unspecified atom stereocenters. The number of imide groups is 1. The second-order valence-corrected chi connectivity index (χ2v) is 7.21. The van der Waals surface area contributed by atoms with Crippen LogP contribution in [0.15, 0.2) is 41.8 Å². The van der Waals surface area contributed by atoms with Crippen molar-refractivity contribution in [2.24, 2.45) is 0 Å². The Bertz CT molecular complexity index is 1010. The van der Waals surface area contributed by atoms with Crippen LogP contribution in [0.3, 0.4) is 0 Å². The van der Waals surface area contributed by atoms with Crippen molar-refractivity contribution in [1.82, 2.24) is 10.2 Å². The Morgan fingerprint density at radius 1 is 1.28 bits per heavy atom. The summed E-state index contributed by atoms with van der Waals surface area (Å²) >= 11 is 1.16.